The molecule has 1 aromatic carbocycles. The summed E-state index contributed by atoms with van der Waals surface area (Å²) in [5.41, 5.74) is 1.07. The SMILES string of the molecule is O=C(Nc1ncn(Cc2ccc(Cl)cc2)n1)C1CCNCC1. The van der Waals surface area contributed by atoms with Gasteiger partial charge in [-0.25, -0.2) is 9.67 Å². The van der Waals surface area contributed by atoms with Crippen molar-refractivity contribution in [2.45, 2.75) is 19.4 Å². The lowest BCUT2D eigenvalue weighted by molar-refractivity contribution is -0.120. The summed E-state index contributed by atoms with van der Waals surface area (Å²) >= 11 is 5.86. The maximum atomic E-state index is 12.1. The molecule has 2 N–H and O–H groups in total. The van der Waals surface area contributed by atoms with Gasteiger partial charge in [-0.15, -0.1) is 5.10 Å². The fourth-order valence-corrected chi connectivity index (χ4v) is 2.63. The number of nitrogens with zero attached hydrogens (tertiary/aromatic N) is 3. The van der Waals surface area contributed by atoms with Gasteiger partial charge in [-0.2, -0.15) is 0 Å². The third-order valence-corrected chi connectivity index (χ3v) is 3.99. The van der Waals surface area contributed by atoms with Gasteiger partial charge in [0.2, 0.25) is 11.9 Å². The minimum atomic E-state index is 0.00532. The van der Waals surface area contributed by atoms with E-state index in [1.165, 1.54) is 0 Å². The van der Waals surface area contributed by atoms with Crippen molar-refractivity contribution < 1.29 is 4.79 Å². The standard InChI is InChI=1S/C15H18ClN5O/c16-13-3-1-11(2-4-13)9-21-10-18-15(20-21)19-14(22)12-5-7-17-8-6-12/h1-4,10,12,17H,5-9H2,(H,19,20,22). The van der Waals surface area contributed by atoms with Gasteiger partial charge in [-0.05, 0) is 43.6 Å². The van der Waals surface area contributed by atoms with Crippen LogP contribution in [0.3, 0.4) is 0 Å². The number of anilines is 1. The second kappa shape index (κ2) is 6.89. The molecule has 7 heteroatoms. The Morgan fingerprint density at radius 2 is 2.05 bits per heavy atom. The van der Waals surface area contributed by atoms with Crippen molar-refractivity contribution in [2.75, 3.05) is 18.4 Å². The normalized spacial score (nSPS) is 15.7. The molecule has 116 valence electrons. The highest BCUT2D eigenvalue weighted by Crippen LogP contribution is 2.14. The zero-order chi connectivity index (χ0) is 15.4. The summed E-state index contributed by atoms with van der Waals surface area (Å²) in [5.74, 6) is 0.410. The van der Waals surface area contributed by atoms with Crippen LogP contribution in [-0.4, -0.2) is 33.8 Å². The predicted octanol–water partition coefficient (Wildman–Crippen LogP) is 1.92. The molecular weight excluding hydrogens is 302 g/mol. The van der Waals surface area contributed by atoms with E-state index in [1.54, 1.807) is 11.0 Å². The van der Waals surface area contributed by atoms with Crippen LogP contribution >= 0.6 is 11.6 Å². The van der Waals surface area contributed by atoms with Gasteiger partial charge < -0.3 is 5.32 Å². The van der Waals surface area contributed by atoms with Crippen LogP contribution in [-0.2, 0) is 11.3 Å². The van der Waals surface area contributed by atoms with Crippen molar-refractivity contribution in [3.63, 3.8) is 0 Å². The molecule has 22 heavy (non-hydrogen) atoms. The van der Waals surface area contributed by atoms with E-state index in [0.29, 0.717) is 17.5 Å². The van der Waals surface area contributed by atoms with Crippen molar-refractivity contribution in [1.29, 1.82) is 0 Å². The molecule has 0 bridgehead atoms. The van der Waals surface area contributed by atoms with Gasteiger partial charge in [-0.3, -0.25) is 10.1 Å². The van der Waals surface area contributed by atoms with Gasteiger partial charge >= 0.3 is 0 Å². The number of hydrogen-bond acceptors (Lipinski definition) is 4. The van der Waals surface area contributed by atoms with Gasteiger partial charge in [0.25, 0.3) is 0 Å². The monoisotopic (exact) mass is 319 g/mol. The number of piperidine rings is 1. The molecule has 6 nitrogen and oxygen atoms in total. The third-order valence-electron chi connectivity index (χ3n) is 3.74. The molecule has 1 aliphatic rings. The number of carbonyl (C=O) groups is 1. The first-order valence-electron chi connectivity index (χ1n) is 7.36. The maximum Gasteiger partial charge on any atom is 0.248 e. The Hall–Kier alpha value is -1.92. The number of carbonyl (C=O) groups excluding carboxylic acids is 1. The van der Waals surface area contributed by atoms with E-state index in [-0.39, 0.29) is 11.8 Å². The highest BCUT2D eigenvalue weighted by Gasteiger charge is 2.21. The maximum absolute atomic E-state index is 12.1. The van der Waals surface area contributed by atoms with Crippen molar-refractivity contribution in [1.82, 2.24) is 20.1 Å². The summed E-state index contributed by atoms with van der Waals surface area (Å²) in [6, 6.07) is 7.57. The molecule has 3 rings (SSSR count). The van der Waals surface area contributed by atoms with Crippen LogP contribution in [0.25, 0.3) is 0 Å². The lowest BCUT2D eigenvalue weighted by atomic mass is 9.97. The lowest BCUT2D eigenvalue weighted by Crippen LogP contribution is -2.34. The van der Waals surface area contributed by atoms with Crippen LogP contribution in [0.2, 0.25) is 5.02 Å². The highest BCUT2D eigenvalue weighted by atomic mass is 35.5. The number of rotatable bonds is 4. The molecule has 2 aromatic rings. The molecule has 2 heterocycles. The van der Waals surface area contributed by atoms with E-state index in [0.717, 1.165) is 31.5 Å². The summed E-state index contributed by atoms with van der Waals surface area (Å²) in [4.78, 5) is 16.3. The molecule has 0 saturated carbocycles. The number of halogens is 1. The topological polar surface area (TPSA) is 71.8 Å². The van der Waals surface area contributed by atoms with E-state index >= 15 is 0 Å². The van der Waals surface area contributed by atoms with Crippen molar-refractivity contribution in [3.05, 3.63) is 41.2 Å². The molecule has 1 amide bonds. The predicted molar refractivity (Wildman–Crippen MR) is 84.8 cm³/mol. The first-order chi connectivity index (χ1) is 10.7. The second-order valence-electron chi connectivity index (χ2n) is 5.41. The van der Waals surface area contributed by atoms with Crippen LogP contribution in [0.15, 0.2) is 30.6 Å². The lowest BCUT2D eigenvalue weighted by Gasteiger charge is -2.20. The van der Waals surface area contributed by atoms with Crippen LogP contribution in [0, 0.1) is 5.92 Å². The largest absolute Gasteiger partial charge is 0.317 e. The smallest absolute Gasteiger partial charge is 0.248 e. The average molecular weight is 320 g/mol. The number of hydrogen-bond donors (Lipinski definition) is 2. The summed E-state index contributed by atoms with van der Waals surface area (Å²) in [5, 5.41) is 11.0. The minimum absolute atomic E-state index is 0.00532. The molecule has 0 spiro atoms. The number of aromatic nitrogens is 3. The summed E-state index contributed by atoms with van der Waals surface area (Å²) in [6.45, 7) is 2.36. The van der Waals surface area contributed by atoms with Gasteiger partial charge in [0, 0.05) is 10.9 Å². The van der Waals surface area contributed by atoms with Gasteiger partial charge in [0.1, 0.15) is 6.33 Å². The molecule has 1 saturated heterocycles. The number of benzene rings is 1. The summed E-state index contributed by atoms with van der Waals surface area (Å²) in [7, 11) is 0. The van der Waals surface area contributed by atoms with Crippen LogP contribution in [0.4, 0.5) is 5.95 Å². The Kier molecular flexibility index (Phi) is 4.70. The van der Waals surface area contributed by atoms with E-state index in [4.69, 9.17) is 11.6 Å². The van der Waals surface area contributed by atoms with Crippen molar-refractivity contribution >= 4 is 23.5 Å². The van der Waals surface area contributed by atoms with Crippen LogP contribution < -0.4 is 10.6 Å². The Labute approximate surface area is 133 Å². The molecule has 0 radical (unpaired) electrons. The van der Waals surface area contributed by atoms with Crippen molar-refractivity contribution in [3.8, 4) is 0 Å². The molecule has 1 aliphatic heterocycles. The van der Waals surface area contributed by atoms with Gasteiger partial charge in [0.15, 0.2) is 0 Å². The van der Waals surface area contributed by atoms with E-state index in [2.05, 4.69) is 20.7 Å². The Balaban J connectivity index is 1.58. The quantitative estimate of drug-likeness (QED) is 0.903. The number of amides is 1. The first-order valence-corrected chi connectivity index (χ1v) is 7.74. The summed E-state index contributed by atoms with van der Waals surface area (Å²) < 4.78 is 1.70. The van der Waals surface area contributed by atoms with Gasteiger partial charge in [-0.1, -0.05) is 23.7 Å². The second-order valence-corrected chi connectivity index (χ2v) is 5.84. The zero-order valence-corrected chi connectivity index (χ0v) is 12.9. The van der Waals surface area contributed by atoms with Crippen LogP contribution in [0.1, 0.15) is 18.4 Å². The van der Waals surface area contributed by atoms with Gasteiger partial charge in [0.05, 0.1) is 6.54 Å². The zero-order valence-electron chi connectivity index (χ0n) is 12.1. The highest BCUT2D eigenvalue weighted by molar-refractivity contribution is 6.30. The summed E-state index contributed by atoms with van der Waals surface area (Å²) in [6.07, 6.45) is 3.33. The third kappa shape index (κ3) is 3.84. The minimum Gasteiger partial charge on any atom is -0.317 e. The van der Waals surface area contributed by atoms with E-state index in [9.17, 15) is 4.79 Å². The molecule has 1 fully saturated rings. The van der Waals surface area contributed by atoms with Crippen LogP contribution in [0.5, 0.6) is 0 Å². The molecule has 1 aromatic heterocycles. The Morgan fingerprint density at radius 3 is 2.77 bits per heavy atom. The fraction of sp³-hybridized carbons (Fsp3) is 0.400. The van der Waals surface area contributed by atoms with Crippen molar-refractivity contribution in [2.24, 2.45) is 5.92 Å². The average Bonchev–Trinajstić information content (AvgIpc) is 2.97. The molecule has 0 aliphatic carbocycles. The molecular formula is C15H18ClN5O. The van der Waals surface area contributed by atoms with E-state index in [1.807, 2.05) is 24.3 Å². The fourth-order valence-electron chi connectivity index (χ4n) is 2.50. The Morgan fingerprint density at radius 1 is 1.32 bits per heavy atom. The Bertz CT molecular complexity index is 634. The number of nitrogens with one attached hydrogen (secondary N) is 2. The first kappa shape index (κ1) is 15.0. The molecule has 0 atom stereocenters. The molecule has 0 unspecified atom stereocenters. The van der Waals surface area contributed by atoms with E-state index < -0.39 is 0 Å².